The van der Waals surface area contributed by atoms with Gasteiger partial charge in [-0.2, -0.15) is 4.98 Å². The van der Waals surface area contributed by atoms with Gasteiger partial charge in [-0.25, -0.2) is 0 Å². The predicted molar refractivity (Wildman–Crippen MR) is 60.8 cm³/mol. The van der Waals surface area contributed by atoms with Crippen LogP contribution in [-0.2, 0) is 0 Å². The standard InChI is InChI=1S/C10H15N3O3/c1-3-4-7-11-10-8(13(14)15)5-6-9(12-10)16-2/h5-6H,3-4,7H2,1-2H3,(H,11,12). The second-order valence-corrected chi connectivity index (χ2v) is 3.26. The quantitative estimate of drug-likeness (QED) is 0.456. The van der Waals surface area contributed by atoms with Crippen LogP contribution in [-0.4, -0.2) is 23.6 Å². The van der Waals surface area contributed by atoms with Crippen LogP contribution in [0, 0.1) is 10.1 Å². The van der Waals surface area contributed by atoms with Gasteiger partial charge in [0, 0.05) is 18.7 Å². The first-order valence-corrected chi connectivity index (χ1v) is 5.12. The second kappa shape index (κ2) is 5.89. The molecule has 0 fully saturated rings. The lowest BCUT2D eigenvalue weighted by molar-refractivity contribution is -0.384. The number of hydrogen-bond acceptors (Lipinski definition) is 5. The molecule has 0 atom stereocenters. The number of nitro groups is 1. The SMILES string of the molecule is CCCCNc1nc(OC)ccc1[N+](=O)[O-]. The molecule has 1 N–H and O–H groups in total. The monoisotopic (exact) mass is 225 g/mol. The summed E-state index contributed by atoms with van der Waals surface area (Å²) < 4.78 is 4.92. The molecule has 1 heterocycles. The van der Waals surface area contributed by atoms with Crippen LogP contribution in [0.1, 0.15) is 19.8 Å². The van der Waals surface area contributed by atoms with Gasteiger partial charge in [0.2, 0.25) is 11.7 Å². The maximum atomic E-state index is 10.7. The van der Waals surface area contributed by atoms with Gasteiger partial charge in [-0.3, -0.25) is 10.1 Å². The van der Waals surface area contributed by atoms with Crippen molar-refractivity contribution >= 4 is 11.5 Å². The van der Waals surface area contributed by atoms with E-state index in [9.17, 15) is 10.1 Å². The maximum absolute atomic E-state index is 10.7. The molecule has 1 aromatic heterocycles. The first kappa shape index (κ1) is 12.2. The van der Waals surface area contributed by atoms with Gasteiger partial charge in [-0.15, -0.1) is 0 Å². The zero-order valence-electron chi connectivity index (χ0n) is 9.40. The molecule has 1 aromatic rings. The number of aromatic nitrogens is 1. The summed E-state index contributed by atoms with van der Waals surface area (Å²) in [5.41, 5.74) is -0.0306. The van der Waals surface area contributed by atoms with E-state index in [2.05, 4.69) is 17.2 Å². The van der Waals surface area contributed by atoms with E-state index in [1.807, 2.05) is 0 Å². The maximum Gasteiger partial charge on any atom is 0.311 e. The van der Waals surface area contributed by atoms with E-state index in [0.717, 1.165) is 12.8 Å². The van der Waals surface area contributed by atoms with E-state index in [-0.39, 0.29) is 11.5 Å². The lowest BCUT2D eigenvalue weighted by atomic mass is 10.3. The summed E-state index contributed by atoms with van der Waals surface area (Å²) in [7, 11) is 1.48. The molecule has 0 bridgehead atoms. The van der Waals surface area contributed by atoms with Crippen molar-refractivity contribution in [3.8, 4) is 5.88 Å². The minimum absolute atomic E-state index is 0.0306. The van der Waals surface area contributed by atoms with E-state index in [0.29, 0.717) is 12.4 Å². The molecule has 1 rings (SSSR count). The Morgan fingerprint density at radius 1 is 1.56 bits per heavy atom. The van der Waals surface area contributed by atoms with Crippen molar-refractivity contribution < 1.29 is 9.66 Å². The molecular weight excluding hydrogens is 210 g/mol. The second-order valence-electron chi connectivity index (χ2n) is 3.26. The van der Waals surface area contributed by atoms with Crippen molar-refractivity contribution in [1.29, 1.82) is 0 Å². The van der Waals surface area contributed by atoms with Crippen molar-refractivity contribution in [2.45, 2.75) is 19.8 Å². The van der Waals surface area contributed by atoms with Crippen LogP contribution in [0.2, 0.25) is 0 Å². The number of methoxy groups -OCH3 is 1. The fraction of sp³-hybridized carbons (Fsp3) is 0.500. The molecule has 0 unspecified atom stereocenters. The summed E-state index contributed by atoms with van der Waals surface area (Å²) >= 11 is 0. The van der Waals surface area contributed by atoms with E-state index >= 15 is 0 Å². The van der Waals surface area contributed by atoms with Gasteiger partial charge in [0.15, 0.2) is 0 Å². The molecule has 0 saturated heterocycles. The Bertz CT molecular complexity index is 368. The smallest absolute Gasteiger partial charge is 0.311 e. The molecule has 0 aliphatic rings. The van der Waals surface area contributed by atoms with Crippen LogP contribution in [0.25, 0.3) is 0 Å². The highest BCUT2D eigenvalue weighted by molar-refractivity contribution is 5.56. The van der Waals surface area contributed by atoms with Gasteiger partial charge in [-0.05, 0) is 6.42 Å². The zero-order valence-corrected chi connectivity index (χ0v) is 9.40. The average molecular weight is 225 g/mol. The van der Waals surface area contributed by atoms with Crippen molar-refractivity contribution in [2.75, 3.05) is 19.0 Å². The van der Waals surface area contributed by atoms with Gasteiger partial charge >= 0.3 is 5.69 Å². The number of rotatable bonds is 6. The molecule has 0 radical (unpaired) electrons. The summed E-state index contributed by atoms with van der Waals surface area (Å²) in [6.45, 7) is 2.71. The van der Waals surface area contributed by atoms with Crippen molar-refractivity contribution in [2.24, 2.45) is 0 Å². The summed E-state index contributed by atoms with van der Waals surface area (Å²) in [4.78, 5) is 14.3. The highest BCUT2D eigenvalue weighted by Gasteiger charge is 2.15. The molecule has 0 saturated carbocycles. The minimum Gasteiger partial charge on any atom is -0.481 e. The number of hydrogen-bond donors (Lipinski definition) is 1. The number of nitrogens with zero attached hydrogens (tertiary/aromatic N) is 2. The van der Waals surface area contributed by atoms with Gasteiger partial charge in [0.1, 0.15) is 0 Å². The summed E-state index contributed by atoms with van der Waals surface area (Å²) in [5.74, 6) is 0.627. The third-order valence-electron chi connectivity index (χ3n) is 2.08. The first-order valence-electron chi connectivity index (χ1n) is 5.12. The van der Waals surface area contributed by atoms with Gasteiger partial charge < -0.3 is 10.1 Å². The van der Waals surface area contributed by atoms with Crippen molar-refractivity contribution in [3.05, 3.63) is 22.2 Å². The molecule has 0 aliphatic heterocycles. The molecule has 6 nitrogen and oxygen atoms in total. The van der Waals surface area contributed by atoms with Crippen LogP contribution >= 0.6 is 0 Å². The van der Waals surface area contributed by atoms with Gasteiger partial charge in [-0.1, -0.05) is 13.3 Å². The summed E-state index contributed by atoms with van der Waals surface area (Å²) in [6.07, 6.45) is 1.96. The van der Waals surface area contributed by atoms with E-state index in [4.69, 9.17) is 4.74 Å². The lowest BCUT2D eigenvalue weighted by Gasteiger charge is -2.06. The van der Waals surface area contributed by atoms with Gasteiger partial charge in [0.25, 0.3) is 0 Å². The van der Waals surface area contributed by atoms with Gasteiger partial charge in [0.05, 0.1) is 12.0 Å². The number of unbranched alkanes of at least 4 members (excludes halogenated alkanes) is 1. The third-order valence-corrected chi connectivity index (χ3v) is 2.08. The Kier molecular flexibility index (Phi) is 4.50. The minimum atomic E-state index is -0.458. The molecule has 0 aliphatic carbocycles. The Labute approximate surface area is 93.8 Å². The van der Waals surface area contributed by atoms with Crippen LogP contribution in [0.5, 0.6) is 5.88 Å². The number of anilines is 1. The summed E-state index contributed by atoms with van der Waals surface area (Å²) in [6, 6.07) is 2.86. The molecular formula is C10H15N3O3. The van der Waals surface area contributed by atoms with E-state index < -0.39 is 4.92 Å². The Hall–Kier alpha value is -1.85. The Morgan fingerprint density at radius 3 is 2.88 bits per heavy atom. The number of pyridine rings is 1. The normalized spacial score (nSPS) is 9.88. The molecule has 0 amide bonds. The molecule has 0 aromatic carbocycles. The van der Waals surface area contributed by atoms with Crippen LogP contribution in [0.3, 0.4) is 0 Å². The molecule has 6 heteroatoms. The average Bonchev–Trinajstić information content (AvgIpc) is 2.29. The number of nitrogens with one attached hydrogen (secondary N) is 1. The summed E-state index contributed by atoms with van der Waals surface area (Å²) in [5, 5.41) is 13.7. The highest BCUT2D eigenvalue weighted by atomic mass is 16.6. The largest absolute Gasteiger partial charge is 0.481 e. The molecule has 88 valence electrons. The molecule has 0 spiro atoms. The topological polar surface area (TPSA) is 77.3 Å². The van der Waals surface area contributed by atoms with E-state index in [1.54, 1.807) is 0 Å². The third kappa shape index (κ3) is 3.08. The predicted octanol–water partition coefficient (Wildman–Crippen LogP) is 2.21. The van der Waals surface area contributed by atoms with Crippen LogP contribution < -0.4 is 10.1 Å². The van der Waals surface area contributed by atoms with Crippen molar-refractivity contribution in [1.82, 2.24) is 4.98 Å². The first-order chi connectivity index (χ1) is 7.69. The number of ether oxygens (including phenoxy) is 1. The Morgan fingerprint density at radius 2 is 2.31 bits per heavy atom. The highest BCUT2D eigenvalue weighted by Crippen LogP contribution is 2.24. The zero-order chi connectivity index (χ0) is 12.0. The van der Waals surface area contributed by atoms with Crippen LogP contribution in [0.4, 0.5) is 11.5 Å². The lowest BCUT2D eigenvalue weighted by Crippen LogP contribution is -2.06. The van der Waals surface area contributed by atoms with Crippen LogP contribution in [0.15, 0.2) is 12.1 Å². The fourth-order valence-corrected chi connectivity index (χ4v) is 1.21. The van der Waals surface area contributed by atoms with Crippen molar-refractivity contribution in [3.63, 3.8) is 0 Å². The van der Waals surface area contributed by atoms with E-state index in [1.165, 1.54) is 19.2 Å². The fourth-order valence-electron chi connectivity index (χ4n) is 1.21. The Balaban J connectivity index is 2.87. The molecule has 16 heavy (non-hydrogen) atoms.